The molecule has 1 aliphatic carbocycles. The third-order valence-corrected chi connectivity index (χ3v) is 4.46. The maximum Gasteiger partial charge on any atom is 0.223 e. The molecule has 0 unspecified atom stereocenters. The Kier molecular flexibility index (Phi) is 7.90. The summed E-state index contributed by atoms with van der Waals surface area (Å²) in [6, 6.07) is 0. The van der Waals surface area contributed by atoms with E-state index in [1.165, 1.54) is 12.8 Å². The zero-order chi connectivity index (χ0) is 15.0. The van der Waals surface area contributed by atoms with Gasteiger partial charge in [0, 0.05) is 24.9 Å². The van der Waals surface area contributed by atoms with E-state index in [-0.39, 0.29) is 11.8 Å². The number of carbonyl (C=O) groups excluding carboxylic acids is 1. The number of rotatable bonds is 7. The lowest BCUT2D eigenvalue weighted by atomic mass is 9.69. The molecule has 0 aromatic rings. The van der Waals surface area contributed by atoms with E-state index in [1.54, 1.807) is 0 Å². The van der Waals surface area contributed by atoms with Crippen molar-refractivity contribution in [1.29, 1.82) is 0 Å². The van der Waals surface area contributed by atoms with Crippen LogP contribution in [0.3, 0.4) is 0 Å². The summed E-state index contributed by atoms with van der Waals surface area (Å²) < 4.78 is 5.28. The fourth-order valence-corrected chi connectivity index (χ4v) is 3.02. The minimum absolute atomic E-state index is 0.220. The Morgan fingerprint density at radius 1 is 1.20 bits per heavy atom. The summed E-state index contributed by atoms with van der Waals surface area (Å²) in [5, 5.41) is 3.03. The van der Waals surface area contributed by atoms with Crippen molar-refractivity contribution >= 4 is 17.5 Å². The van der Waals surface area contributed by atoms with Crippen LogP contribution in [0.25, 0.3) is 0 Å². The lowest BCUT2D eigenvalue weighted by Crippen LogP contribution is -2.36. The number of amides is 1. The van der Waals surface area contributed by atoms with Crippen LogP contribution in [0.1, 0.15) is 52.9 Å². The summed E-state index contributed by atoms with van der Waals surface area (Å²) >= 11 is 5.52. The molecule has 20 heavy (non-hydrogen) atoms. The standard InChI is InChI=1S/C16H30ClNO2/c1-16(2,3)14-7-5-13(6-8-14)15(19)18-10-4-11-20-12-9-17/h13-14H,4-12H2,1-3H3,(H,18,19). The Balaban J connectivity index is 2.13. The van der Waals surface area contributed by atoms with Gasteiger partial charge in [0.1, 0.15) is 0 Å². The van der Waals surface area contributed by atoms with Gasteiger partial charge in [-0.3, -0.25) is 4.79 Å². The Morgan fingerprint density at radius 2 is 1.85 bits per heavy atom. The molecule has 3 nitrogen and oxygen atoms in total. The summed E-state index contributed by atoms with van der Waals surface area (Å²) in [5.41, 5.74) is 0.376. The topological polar surface area (TPSA) is 38.3 Å². The summed E-state index contributed by atoms with van der Waals surface area (Å²) in [7, 11) is 0. The third kappa shape index (κ3) is 6.45. The molecule has 0 aliphatic heterocycles. The van der Waals surface area contributed by atoms with Crippen LogP contribution in [-0.4, -0.2) is 31.5 Å². The molecular weight excluding hydrogens is 274 g/mol. The van der Waals surface area contributed by atoms with Crippen LogP contribution in [0.5, 0.6) is 0 Å². The van der Waals surface area contributed by atoms with Crippen LogP contribution in [0, 0.1) is 17.3 Å². The molecule has 0 aromatic carbocycles. The molecule has 1 aliphatic rings. The Labute approximate surface area is 128 Å². The van der Waals surface area contributed by atoms with Crippen LogP contribution in [0.2, 0.25) is 0 Å². The highest BCUT2D eigenvalue weighted by atomic mass is 35.5. The SMILES string of the molecule is CC(C)(C)C1CCC(C(=O)NCCCOCCCl)CC1. The fourth-order valence-electron chi connectivity index (χ4n) is 2.91. The van der Waals surface area contributed by atoms with Crippen LogP contribution in [0.15, 0.2) is 0 Å². The third-order valence-electron chi connectivity index (χ3n) is 4.31. The number of nitrogens with one attached hydrogen (secondary N) is 1. The predicted molar refractivity (Wildman–Crippen MR) is 84.1 cm³/mol. The normalized spacial score (nSPS) is 23.6. The zero-order valence-electron chi connectivity index (χ0n) is 13.2. The van der Waals surface area contributed by atoms with Crippen LogP contribution >= 0.6 is 11.6 Å². The Bertz CT molecular complexity index is 281. The van der Waals surface area contributed by atoms with Gasteiger partial charge in [0.2, 0.25) is 5.91 Å². The van der Waals surface area contributed by atoms with E-state index < -0.39 is 0 Å². The average Bonchev–Trinajstić information content (AvgIpc) is 2.41. The van der Waals surface area contributed by atoms with Crippen molar-refractivity contribution in [3.05, 3.63) is 0 Å². The molecule has 1 fully saturated rings. The first-order valence-corrected chi connectivity index (χ1v) is 8.40. The van der Waals surface area contributed by atoms with Crippen molar-refractivity contribution in [3.63, 3.8) is 0 Å². The van der Waals surface area contributed by atoms with Crippen molar-refractivity contribution in [1.82, 2.24) is 5.32 Å². The second-order valence-electron chi connectivity index (χ2n) is 6.86. The average molecular weight is 304 g/mol. The van der Waals surface area contributed by atoms with Gasteiger partial charge in [-0.05, 0) is 43.4 Å². The molecule has 1 rings (SSSR count). The van der Waals surface area contributed by atoms with E-state index in [9.17, 15) is 4.79 Å². The quantitative estimate of drug-likeness (QED) is 0.576. The predicted octanol–water partition coefficient (Wildman–Crippen LogP) is 3.60. The number of ether oxygens (including phenoxy) is 1. The van der Waals surface area contributed by atoms with Crippen molar-refractivity contribution in [2.45, 2.75) is 52.9 Å². The second kappa shape index (κ2) is 8.89. The highest BCUT2D eigenvalue weighted by Crippen LogP contribution is 2.39. The Hall–Kier alpha value is -0.280. The van der Waals surface area contributed by atoms with Crippen molar-refractivity contribution in [2.75, 3.05) is 25.6 Å². The van der Waals surface area contributed by atoms with Crippen LogP contribution in [-0.2, 0) is 9.53 Å². The summed E-state index contributed by atoms with van der Waals surface area (Å²) in [5.74, 6) is 1.74. The fraction of sp³-hybridized carbons (Fsp3) is 0.938. The first-order valence-electron chi connectivity index (χ1n) is 7.86. The van der Waals surface area contributed by atoms with E-state index >= 15 is 0 Å². The molecule has 0 aromatic heterocycles. The van der Waals surface area contributed by atoms with Gasteiger partial charge in [-0.15, -0.1) is 11.6 Å². The van der Waals surface area contributed by atoms with Crippen LogP contribution in [0.4, 0.5) is 0 Å². The summed E-state index contributed by atoms with van der Waals surface area (Å²) in [4.78, 5) is 12.1. The van der Waals surface area contributed by atoms with E-state index in [0.717, 1.165) is 25.2 Å². The maximum atomic E-state index is 12.1. The molecule has 0 bridgehead atoms. The molecule has 0 spiro atoms. The molecule has 0 radical (unpaired) electrons. The minimum Gasteiger partial charge on any atom is -0.380 e. The first-order chi connectivity index (χ1) is 9.45. The van der Waals surface area contributed by atoms with Crippen LogP contribution < -0.4 is 5.32 Å². The zero-order valence-corrected chi connectivity index (χ0v) is 14.0. The van der Waals surface area contributed by atoms with E-state index in [0.29, 0.717) is 31.1 Å². The van der Waals surface area contributed by atoms with Gasteiger partial charge in [0.25, 0.3) is 0 Å². The highest BCUT2D eigenvalue weighted by Gasteiger charge is 2.32. The Morgan fingerprint density at radius 3 is 2.40 bits per heavy atom. The first kappa shape index (κ1) is 17.8. The van der Waals surface area contributed by atoms with Crippen molar-refractivity contribution < 1.29 is 9.53 Å². The lowest BCUT2D eigenvalue weighted by Gasteiger charge is -2.36. The van der Waals surface area contributed by atoms with Gasteiger partial charge in [-0.25, -0.2) is 0 Å². The monoisotopic (exact) mass is 303 g/mol. The van der Waals surface area contributed by atoms with Gasteiger partial charge in [-0.2, -0.15) is 0 Å². The molecule has 4 heteroatoms. The minimum atomic E-state index is 0.220. The lowest BCUT2D eigenvalue weighted by molar-refractivity contribution is -0.126. The van der Waals surface area contributed by atoms with Crippen molar-refractivity contribution in [2.24, 2.45) is 17.3 Å². The molecule has 0 heterocycles. The molecule has 0 atom stereocenters. The smallest absolute Gasteiger partial charge is 0.223 e. The van der Waals surface area contributed by atoms with Gasteiger partial charge in [0.15, 0.2) is 0 Å². The van der Waals surface area contributed by atoms with E-state index in [4.69, 9.17) is 16.3 Å². The molecule has 1 amide bonds. The number of alkyl halides is 1. The van der Waals surface area contributed by atoms with Crippen molar-refractivity contribution in [3.8, 4) is 0 Å². The maximum absolute atomic E-state index is 12.1. The number of hydrogen-bond acceptors (Lipinski definition) is 2. The molecule has 1 saturated carbocycles. The largest absolute Gasteiger partial charge is 0.380 e. The van der Waals surface area contributed by atoms with Gasteiger partial charge < -0.3 is 10.1 Å². The summed E-state index contributed by atoms with van der Waals surface area (Å²) in [6.45, 7) is 8.88. The molecule has 1 N–H and O–H groups in total. The molecular formula is C16H30ClNO2. The highest BCUT2D eigenvalue weighted by molar-refractivity contribution is 6.17. The number of hydrogen-bond donors (Lipinski definition) is 1. The summed E-state index contributed by atoms with van der Waals surface area (Å²) in [6.07, 6.45) is 5.30. The van der Waals surface area contributed by atoms with E-state index in [1.807, 2.05) is 0 Å². The second-order valence-corrected chi connectivity index (χ2v) is 7.24. The number of carbonyl (C=O) groups is 1. The molecule has 118 valence electrons. The van der Waals surface area contributed by atoms with E-state index in [2.05, 4.69) is 26.1 Å². The number of halogens is 1. The van der Waals surface area contributed by atoms with Gasteiger partial charge in [0.05, 0.1) is 6.61 Å². The van der Waals surface area contributed by atoms with Gasteiger partial charge >= 0.3 is 0 Å². The molecule has 0 saturated heterocycles. The van der Waals surface area contributed by atoms with Gasteiger partial charge in [-0.1, -0.05) is 20.8 Å².